The van der Waals surface area contributed by atoms with Crippen LogP contribution in [0.3, 0.4) is 0 Å². The van der Waals surface area contributed by atoms with E-state index in [1.165, 1.54) is 6.08 Å². The number of aromatic nitrogens is 2. The number of aromatic hydroxyl groups is 1. The Kier molecular flexibility index (Phi) is 5.08. The second-order valence-corrected chi connectivity index (χ2v) is 6.56. The highest BCUT2D eigenvalue weighted by Gasteiger charge is 2.15. The second-order valence-electron chi connectivity index (χ2n) is 6.56. The highest BCUT2D eigenvalue weighted by atomic mass is 16.5. The molecule has 6 nitrogen and oxygen atoms in total. The van der Waals surface area contributed by atoms with E-state index in [1.807, 2.05) is 42.5 Å². The zero-order chi connectivity index (χ0) is 21.1. The first kappa shape index (κ1) is 19.1. The summed E-state index contributed by atoms with van der Waals surface area (Å²) in [4.78, 5) is 27.1. The van der Waals surface area contributed by atoms with Gasteiger partial charge in [-0.25, -0.2) is 9.36 Å². The summed E-state index contributed by atoms with van der Waals surface area (Å²) in [7, 11) is 1.59. The molecule has 0 spiro atoms. The molecule has 148 valence electrons. The van der Waals surface area contributed by atoms with Crippen molar-refractivity contribution in [1.82, 2.24) is 9.55 Å². The van der Waals surface area contributed by atoms with Gasteiger partial charge in [0, 0.05) is 5.39 Å². The van der Waals surface area contributed by atoms with Crippen LogP contribution in [0.15, 0.2) is 82.1 Å². The molecule has 1 heterocycles. The Balaban J connectivity index is 1.83. The molecule has 0 unspecified atom stereocenters. The Hall–Kier alpha value is -4.28. The van der Waals surface area contributed by atoms with E-state index in [9.17, 15) is 14.7 Å². The molecule has 2 N–H and O–H groups in total. The van der Waals surface area contributed by atoms with Crippen LogP contribution in [0.1, 0.15) is 11.1 Å². The van der Waals surface area contributed by atoms with Crippen molar-refractivity contribution in [2.75, 3.05) is 7.11 Å². The molecule has 0 saturated heterocycles. The molecule has 4 aromatic rings. The standard InChI is InChI=1S/C24H18N2O4/c1-30-18-14-12-16(13-15-18)6-4-10-20-22(27)25-24(29)26(23(20)28)21-11-5-8-17-7-2-3-9-19(17)21/h2-3,5-15,28H,1H3,(H,25,27,29). The van der Waals surface area contributed by atoms with Crippen LogP contribution < -0.4 is 16.0 Å². The number of nitrogens with one attached hydrogen (secondary N) is 1. The largest absolute Gasteiger partial charge is 0.497 e. The molecule has 0 bridgehead atoms. The molecule has 0 saturated carbocycles. The van der Waals surface area contributed by atoms with E-state index in [0.29, 0.717) is 5.69 Å². The minimum atomic E-state index is -0.717. The smallest absolute Gasteiger partial charge is 0.335 e. The Morgan fingerprint density at radius 3 is 2.47 bits per heavy atom. The normalized spacial score (nSPS) is 10.4. The first-order valence-corrected chi connectivity index (χ1v) is 9.21. The maximum Gasteiger partial charge on any atom is 0.335 e. The van der Waals surface area contributed by atoms with Gasteiger partial charge in [-0.2, -0.15) is 0 Å². The highest BCUT2D eigenvalue weighted by molar-refractivity contribution is 5.90. The van der Waals surface area contributed by atoms with E-state index in [4.69, 9.17) is 4.74 Å². The van der Waals surface area contributed by atoms with Crippen molar-refractivity contribution in [3.05, 3.63) is 104 Å². The second kappa shape index (κ2) is 7.99. The summed E-state index contributed by atoms with van der Waals surface area (Å²) < 4.78 is 6.21. The van der Waals surface area contributed by atoms with Crippen molar-refractivity contribution in [2.24, 2.45) is 0 Å². The molecule has 0 fully saturated rings. The molecular formula is C24H18N2O4. The summed E-state index contributed by atoms with van der Waals surface area (Å²) in [6.45, 7) is 0. The number of hydrogen-bond acceptors (Lipinski definition) is 4. The SMILES string of the molecule is COc1ccc(C=C=Cc2c(O)n(-c3cccc4ccccc34)c(=O)[nH]c2=O)cc1. The maximum atomic E-state index is 12.5. The molecule has 0 aliphatic heterocycles. The summed E-state index contributed by atoms with van der Waals surface area (Å²) >= 11 is 0. The molecule has 0 aliphatic rings. The molecule has 3 aromatic carbocycles. The Morgan fingerprint density at radius 2 is 1.70 bits per heavy atom. The van der Waals surface area contributed by atoms with Crippen molar-refractivity contribution < 1.29 is 9.84 Å². The van der Waals surface area contributed by atoms with Gasteiger partial charge >= 0.3 is 5.69 Å². The molecule has 0 amide bonds. The fourth-order valence-electron chi connectivity index (χ4n) is 3.22. The number of fused-ring (bicyclic) bond motifs is 1. The Bertz CT molecular complexity index is 1400. The van der Waals surface area contributed by atoms with E-state index in [-0.39, 0.29) is 5.56 Å². The third-order valence-corrected chi connectivity index (χ3v) is 4.72. The third-order valence-electron chi connectivity index (χ3n) is 4.72. The number of nitrogens with zero attached hydrogens (tertiary/aromatic N) is 1. The summed E-state index contributed by atoms with van der Waals surface area (Å²) in [5, 5.41) is 12.4. The van der Waals surface area contributed by atoms with E-state index in [2.05, 4.69) is 10.7 Å². The van der Waals surface area contributed by atoms with E-state index in [0.717, 1.165) is 26.7 Å². The zero-order valence-corrected chi connectivity index (χ0v) is 16.1. The van der Waals surface area contributed by atoms with Crippen LogP contribution in [0.4, 0.5) is 0 Å². The molecule has 4 rings (SSSR count). The van der Waals surface area contributed by atoms with Crippen LogP contribution in [0.25, 0.3) is 28.6 Å². The van der Waals surface area contributed by atoms with E-state index < -0.39 is 17.1 Å². The number of rotatable bonds is 4. The number of methoxy groups -OCH3 is 1. The van der Waals surface area contributed by atoms with Crippen molar-refractivity contribution >= 4 is 22.9 Å². The molecule has 30 heavy (non-hydrogen) atoms. The van der Waals surface area contributed by atoms with Crippen LogP contribution in [-0.2, 0) is 0 Å². The number of aromatic amines is 1. The first-order valence-electron chi connectivity index (χ1n) is 9.21. The number of hydrogen-bond donors (Lipinski definition) is 2. The minimum absolute atomic E-state index is 0.0627. The molecule has 0 atom stereocenters. The van der Waals surface area contributed by atoms with Gasteiger partial charge in [-0.3, -0.25) is 9.78 Å². The van der Waals surface area contributed by atoms with Gasteiger partial charge in [0.1, 0.15) is 11.3 Å². The maximum absolute atomic E-state index is 12.5. The van der Waals surface area contributed by atoms with Crippen LogP contribution in [0, 0.1) is 0 Å². The quantitative estimate of drug-likeness (QED) is 0.513. The highest BCUT2D eigenvalue weighted by Crippen LogP contribution is 2.25. The monoisotopic (exact) mass is 398 g/mol. The van der Waals surface area contributed by atoms with Crippen LogP contribution in [-0.4, -0.2) is 21.8 Å². The average molecular weight is 398 g/mol. The van der Waals surface area contributed by atoms with Gasteiger partial charge in [0.05, 0.1) is 12.8 Å². The summed E-state index contributed by atoms with van der Waals surface area (Å²) in [5.41, 5.74) is 2.73. The van der Waals surface area contributed by atoms with Crippen molar-refractivity contribution in [1.29, 1.82) is 0 Å². The van der Waals surface area contributed by atoms with E-state index >= 15 is 0 Å². The van der Waals surface area contributed by atoms with Crippen molar-refractivity contribution in [3.8, 4) is 17.3 Å². The van der Waals surface area contributed by atoms with Crippen molar-refractivity contribution in [2.45, 2.75) is 0 Å². The van der Waals surface area contributed by atoms with Gasteiger partial charge < -0.3 is 9.84 Å². The lowest BCUT2D eigenvalue weighted by Crippen LogP contribution is -2.30. The van der Waals surface area contributed by atoms with Gasteiger partial charge in [-0.15, -0.1) is 5.73 Å². The Morgan fingerprint density at radius 1 is 0.967 bits per heavy atom. The average Bonchev–Trinajstić information content (AvgIpc) is 2.76. The zero-order valence-electron chi connectivity index (χ0n) is 16.1. The summed E-state index contributed by atoms with van der Waals surface area (Å²) in [5.74, 6) is 0.281. The van der Waals surface area contributed by atoms with Gasteiger partial charge in [0.15, 0.2) is 0 Å². The number of ether oxygens (including phenoxy) is 1. The molecule has 0 radical (unpaired) electrons. The third kappa shape index (κ3) is 3.55. The minimum Gasteiger partial charge on any atom is -0.497 e. The lowest BCUT2D eigenvalue weighted by atomic mass is 10.1. The van der Waals surface area contributed by atoms with Crippen LogP contribution in [0.5, 0.6) is 11.6 Å². The van der Waals surface area contributed by atoms with Gasteiger partial charge in [0.2, 0.25) is 5.88 Å². The van der Waals surface area contributed by atoms with Gasteiger partial charge in [0.25, 0.3) is 5.56 Å². The van der Waals surface area contributed by atoms with Crippen LogP contribution in [0.2, 0.25) is 0 Å². The number of benzene rings is 3. The van der Waals surface area contributed by atoms with Crippen molar-refractivity contribution in [3.63, 3.8) is 0 Å². The van der Waals surface area contributed by atoms with Gasteiger partial charge in [-0.1, -0.05) is 48.5 Å². The van der Waals surface area contributed by atoms with Gasteiger partial charge in [-0.05, 0) is 41.3 Å². The molecular weight excluding hydrogens is 380 g/mol. The molecule has 1 aromatic heterocycles. The van der Waals surface area contributed by atoms with E-state index in [1.54, 1.807) is 37.5 Å². The molecule has 0 aliphatic carbocycles. The fourth-order valence-corrected chi connectivity index (χ4v) is 3.22. The summed E-state index contributed by atoms with van der Waals surface area (Å²) in [6.07, 6.45) is 3.01. The fraction of sp³-hybridized carbons (Fsp3) is 0.0417. The lowest BCUT2D eigenvalue weighted by molar-refractivity contribution is 0.415. The topological polar surface area (TPSA) is 84.3 Å². The predicted molar refractivity (Wildman–Crippen MR) is 117 cm³/mol. The van der Waals surface area contributed by atoms with Crippen LogP contribution >= 0.6 is 0 Å². The lowest BCUT2D eigenvalue weighted by Gasteiger charge is -2.12. The predicted octanol–water partition coefficient (Wildman–Crippen LogP) is 3.72. The number of H-pyrrole nitrogens is 1. The first-order chi connectivity index (χ1) is 14.6. The Labute approximate surface area is 171 Å². The summed E-state index contributed by atoms with van der Waals surface area (Å²) in [6, 6.07) is 20.2. The molecule has 6 heteroatoms.